The van der Waals surface area contributed by atoms with E-state index in [1.54, 1.807) is 0 Å². The quantitative estimate of drug-likeness (QED) is 0.241. The smallest absolute Gasteiger partial charge is 0.255 e. The molecule has 3 aromatic heterocycles. The maximum atomic E-state index is 4.71. The molecule has 2 aromatic carbocycles. The molecule has 0 aliphatic carbocycles. The third kappa shape index (κ3) is 2.96. The van der Waals surface area contributed by atoms with E-state index in [9.17, 15) is 0 Å². The molecule has 5 aromatic rings. The van der Waals surface area contributed by atoms with Crippen molar-refractivity contribution in [1.82, 2.24) is 4.98 Å². The van der Waals surface area contributed by atoms with Gasteiger partial charge in [0.1, 0.15) is 0 Å². The van der Waals surface area contributed by atoms with Crippen molar-refractivity contribution in [2.75, 3.05) is 0 Å². The van der Waals surface area contributed by atoms with E-state index < -0.39 is 0 Å². The fourth-order valence-corrected chi connectivity index (χ4v) is 5.18. The van der Waals surface area contributed by atoms with Crippen LogP contribution in [0.25, 0.3) is 41.2 Å². The molecule has 0 spiro atoms. The van der Waals surface area contributed by atoms with Crippen molar-refractivity contribution in [3.63, 3.8) is 0 Å². The Hall–Kier alpha value is -1.84. The Labute approximate surface area is 167 Å². The van der Waals surface area contributed by atoms with Crippen LogP contribution in [0, 0.1) is 0 Å². The predicted octanol–water partition coefficient (Wildman–Crippen LogP) is 6.84. The van der Waals surface area contributed by atoms with Gasteiger partial charge in [-0.1, -0.05) is 36.4 Å². The molecule has 0 unspecified atom stereocenters. The minimum atomic E-state index is 0. The van der Waals surface area contributed by atoms with Crippen LogP contribution in [0.4, 0.5) is 0 Å². The van der Waals surface area contributed by atoms with Crippen LogP contribution in [0.15, 0.2) is 79.0 Å². The molecule has 4 heteroatoms. The van der Waals surface area contributed by atoms with Crippen LogP contribution in [-0.2, 0) is 20.1 Å². The van der Waals surface area contributed by atoms with Gasteiger partial charge >= 0.3 is 20.1 Å². The molecule has 0 saturated heterocycles. The van der Waals surface area contributed by atoms with E-state index in [1.165, 1.54) is 35.5 Å². The van der Waals surface area contributed by atoms with Gasteiger partial charge in [-0.3, -0.25) is 4.98 Å². The zero-order valence-electron chi connectivity index (χ0n) is 13.1. The fraction of sp³-hybridized carbons (Fsp3) is 0. The van der Waals surface area contributed by atoms with Crippen molar-refractivity contribution in [2.45, 2.75) is 0 Å². The molecule has 5 rings (SSSR count). The SMILES string of the molecule is [Ir+3].c1cnc(-c2cc3ccccc3s2)c(-c2cc3ccccc3s2)c1. The minimum absolute atomic E-state index is 0. The molecule has 0 aliphatic rings. The van der Waals surface area contributed by atoms with E-state index in [2.05, 4.69) is 66.7 Å². The maximum absolute atomic E-state index is 4.71. The molecule has 0 amide bonds. The van der Waals surface area contributed by atoms with Crippen molar-refractivity contribution in [1.29, 1.82) is 0 Å². The van der Waals surface area contributed by atoms with Gasteiger partial charge in [0.25, 0.3) is 0 Å². The molecule has 1 nitrogen and oxygen atoms in total. The van der Waals surface area contributed by atoms with E-state index in [-0.39, 0.29) is 20.1 Å². The Morgan fingerprint density at radius 2 is 1.24 bits per heavy atom. The number of thiophene rings is 2. The maximum Gasteiger partial charge on any atom is 3.00 e. The second kappa shape index (κ2) is 6.81. The van der Waals surface area contributed by atoms with E-state index in [4.69, 9.17) is 4.98 Å². The van der Waals surface area contributed by atoms with Gasteiger partial charge in [0.05, 0.1) is 10.6 Å². The minimum Gasteiger partial charge on any atom is -0.255 e. The first kappa shape index (κ1) is 16.6. The first-order valence-electron chi connectivity index (χ1n) is 7.81. The third-order valence-corrected chi connectivity index (χ3v) is 6.43. The summed E-state index contributed by atoms with van der Waals surface area (Å²) in [4.78, 5) is 7.21. The van der Waals surface area contributed by atoms with E-state index in [1.807, 2.05) is 34.9 Å². The van der Waals surface area contributed by atoms with E-state index in [0.29, 0.717) is 0 Å². The van der Waals surface area contributed by atoms with Crippen molar-refractivity contribution in [3.05, 3.63) is 79.0 Å². The van der Waals surface area contributed by atoms with Gasteiger partial charge in [-0.15, -0.1) is 22.7 Å². The van der Waals surface area contributed by atoms with Gasteiger partial charge in [0.15, 0.2) is 0 Å². The van der Waals surface area contributed by atoms with Gasteiger partial charge < -0.3 is 0 Å². The summed E-state index contributed by atoms with van der Waals surface area (Å²) >= 11 is 3.64. The number of hydrogen-bond donors (Lipinski definition) is 0. The summed E-state index contributed by atoms with van der Waals surface area (Å²) in [6.07, 6.45) is 1.89. The Morgan fingerprint density at radius 1 is 0.640 bits per heavy atom. The van der Waals surface area contributed by atoms with Gasteiger partial charge in [-0.25, -0.2) is 0 Å². The topological polar surface area (TPSA) is 12.9 Å². The Morgan fingerprint density at radius 3 is 1.92 bits per heavy atom. The second-order valence-electron chi connectivity index (χ2n) is 5.70. The Bertz CT molecular complexity index is 1010. The van der Waals surface area contributed by atoms with Crippen LogP contribution in [0.5, 0.6) is 0 Å². The third-order valence-electron chi connectivity index (χ3n) is 4.16. The summed E-state index contributed by atoms with van der Waals surface area (Å²) in [5, 5.41) is 2.58. The average Bonchev–Trinajstić information content (AvgIpc) is 3.25. The summed E-state index contributed by atoms with van der Waals surface area (Å²) in [5.74, 6) is 0. The van der Waals surface area contributed by atoms with E-state index >= 15 is 0 Å². The van der Waals surface area contributed by atoms with Gasteiger partial charge in [-0.2, -0.15) is 0 Å². The fourth-order valence-electron chi connectivity index (χ4n) is 3.01. The first-order chi connectivity index (χ1) is 11.9. The number of nitrogens with zero attached hydrogens (tertiary/aromatic N) is 1. The van der Waals surface area contributed by atoms with Gasteiger partial charge in [0.2, 0.25) is 0 Å². The Balaban J connectivity index is 0.00000157. The van der Waals surface area contributed by atoms with Crippen LogP contribution >= 0.6 is 22.7 Å². The number of benzene rings is 2. The zero-order chi connectivity index (χ0) is 15.9. The van der Waals surface area contributed by atoms with E-state index in [0.717, 1.165) is 5.69 Å². The standard InChI is InChI=1S/C21H13NS2.Ir/c1-3-9-17-14(6-1)12-19(23-17)16-8-5-11-22-21(16)20-13-15-7-2-4-10-18(15)24-20;/h1-13H;/q;+3. The summed E-state index contributed by atoms with van der Waals surface area (Å²) in [6.45, 7) is 0. The molecular weight excluding hydrogens is 523 g/mol. The van der Waals surface area contributed by atoms with Crippen LogP contribution in [0.2, 0.25) is 0 Å². The monoisotopic (exact) mass is 536 g/mol. The molecule has 0 aliphatic heterocycles. The zero-order valence-corrected chi connectivity index (χ0v) is 17.1. The molecule has 0 saturated carbocycles. The molecular formula is C21H13IrNS2+3. The molecule has 0 fully saturated rings. The number of rotatable bonds is 2. The predicted molar refractivity (Wildman–Crippen MR) is 106 cm³/mol. The van der Waals surface area contributed by atoms with Gasteiger partial charge in [0, 0.05) is 26.0 Å². The average molecular weight is 536 g/mol. The van der Waals surface area contributed by atoms with Crippen LogP contribution in [0.1, 0.15) is 0 Å². The summed E-state index contributed by atoms with van der Waals surface area (Å²) in [7, 11) is 0. The van der Waals surface area contributed by atoms with Crippen LogP contribution in [0.3, 0.4) is 0 Å². The van der Waals surface area contributed by atoms with Gasteiger partial charge in [-0.05, 0) is 47.2 Å². The summed E-state index contributed by atoms with van der Waals surface area (Å²) < 4.78 is 2.62. The van der Waals surface area contributed by atoms with Crippen molar-refractivity contribution >= 4 is 42.8 Å². The number of hydrogen-bond acceptors (Lipinski definition) is 3. The normalized spacial score (nSPS) is 10.9. The van der Waals surface area contributed by atoms with Crippen molar-refractivity contribution < 1.29 is 20.1 Å². The number of fused-ring (bicyclic) bond motifs is 2. The molecule has 0 atom stereocenters. The molecule has 25 heavy (non-hydrogen) atoms. The summed E-state index contributed by atoms with van der Waals surface area (Å²) in [6, 6.07) is 25.8. The second-order valence-corrected chi connectivity index (χ2v) is 7.86. The molecule has 120 valence electrons. The molecule has 0 bridgehead atoms. The van der Waals surface area contributed by atoms with Crippen molar-refractivity contribution in [3.8, 4) is 21.0 Å². The van der Waals surface area contributed by atoms with Crippen LogP contribution < -0.4 is 0 Å². The largest absolute Gasteiger partial charge is 3.00 e. The Kier molecular flexibility index (Phi) is 4.53. The number of pyridine rings is 1. The molecule has 3 heterocycles. The molecule has 0 N–H and O–H groups in total. The molecule has 0 radical (unpaired) electrons. The number of aromatic nitrogens is 1. The van der Waals surface area contributed by atoms with Crippen molar-refractivity contribution in [2.24, 2.45) is 0 Å². The first-order valence-corrected chi connectivity index (χ1v) is 9.45. The summed E-state index contributed by atoms with van der Waals surface area (Å²) in [5.41, 5.74) is 2.29. The van der Waals surface area contributed by atoms with Crippen LogP contribution in [-0.4, -0.2) is 4.98 Å².